The highest BCUT2D eigenvalue weighted by atomic mass is 16.5. The number of ether oxygens (including phenoxy) is 1. The number of hydrogen-bond acceptors (Lipinski definition) is 2. The molecule has 0 unspecified atom stereocenters. The van der Waals surface area contributed by atoms with Crippen molar-refractivity contribution in [3.63, 3.8) is 0 Å². The summed E-state index contributed by atoms with van der Waals surface area (Å²) in [6, 6.07) is 0. The molecule has 17 heavy (non-hydrogen) atoms. The lowest BCUT2D eigenvalue weighted by molar-refractivity contribution is -0.0390. The van der Waals surface area contributed by atoms with Gasteiger partial charge in [0, 0.05) is 5.92 Å². The van der Waals surface area contributed by atoms with Gasteiger partial charge in [-0.1, -0.05) is 20.8 Å². The maximum absolute atomic E-state index is 10.5. The Labute approximate surface area is 105 Å². The molecular weight excluding hydrogens is 212 g/mol. The average Bonchev–Trinajstić information content (AvgIpc) is 2.85. The zero-order valence-electron chi connectivity index (χ0n) is 11.6. The van der Waals surface area contributed by atoms with E-state index < -0.39 is 0 Å². The van der Waals surface area contributed by atoms with E-state index in [1.165, 1.54) is 25.7 Å². The van der Waals surface area contributed by atoms with Crippen LogP contribution < -0.4 is 0 Å². The van der Waals surface area contributed by atoms with Crippen molar-refractivity contribution >= 4 is 0 Å². The van der Waals surface area contributed by atoms with E-state index in [2.05, 4.69) is 27.7 Å². The summed E-state index contributed by atoms with van der Waals surface area (Å²) < 4.78 is 6.28. The van der Waals surface area contributed by atoms with Crippen LogP contribution in [0.2, 0.25) is 0 Å². The summed E-state index contributed by atoms with van der Waals surface area (Å²) in [4.78, 5) is 0. The molecule has 3 rings (SSSR count). The average molecular weight is 238 g/mol. The standard InChI is InChI=1S/C15H26O2/c1-9(2)12(16)10-5-7-14(3)11-6-8-15(4,17-11)13(10)14/h9-13,16H,5-8H2,1-4H3/t10-,11-,12-,13-,14-,15+/m1/s1. The van der Waals surface area contributed by atoms with Gasteiger partial charge >= 0.3 is 0 Å². The maximum Gasteiger partial charge on any atom is 0.0697 e. The van der Waals surface area contributed by atoms with Gasteiger partial charge < -0.3 is 9.84 Å². The molecule has 0 radical (unpaired) electrons. The molecule has 2 aliphatic heterocycles. The van der Waals surface area contributed by atoms with Gasteiger partial charge in [0.2, 0.25) is 0 Å². The topological polar surface area (TPSA) is 29.5 Å². The molecule has 0 amide bonds. The summed E-state index contributed by atoms with van der Waals surface area (Å²) in [6.07, 6.45) is 5.17. The SMILES string of the molecule is CC(C)[C@@H](O)[C@H]1CC[C@@]2(C)[C@@H]1[C@]1(C)CC[C@H]2O1. The van der Waals surface area contributed by atoms with Gasteiger partial charge in [0.1, 0.15) is 0 Å². The van der Waals surface area contributed by atoms with Crippen molar-refractivity contribution in [1.29, 1.82) is 0 Å². The molecule has 2 heteroatoms. The third-order valence-electron chi connectivity index (χ3n) is 5.98. The van der Waals surface area contributed by atoms with Crippen molar-refractivity contribution in [3.05, 3.63) is 0 Å². The molecule has 3 aliphatic rings. The lowest BCUT2D eigenvalue weighted by Crippen LogP contribution is -2.45. The number of rotatable bonds is 2. The van der Waals surface area contributed by atoms with E-state index in [-0.39, 0.29) is 11.7 Å². The van der Waals surface area contributed by atoms with Gasteiger partial charge in [0.25, 0.3) is 0 Å². The van der Waals surface area contributed by atoms with Crippen molar-refractivity contribution in [2.75, 3.05) is 0 Å². The van der Waals surface area contributed by atoms with Crippen LogP contribution in [0.3, 0.4) is 0 Å². The predicted octanol–water partition coefficient (Wildman–Crippen LogP) is 2.99. The molecule has 0 aromatic carbocycles. The Kier molecular flexibility index (Phi) is 2.45. The van der Waals surface area contributed by atoms with Gasteiger partial charge in [0.05, 0.1) is 17.8 Å². The van der Waals surface area contributed by atoms with Crippen molar-refractivity contribution in [2.24, 2.45) is 23.2 Å². The summed E-state index contributed by atoms with van der Waals surface area (Å²) in [5, 5.41) is 10.5. The first-order chi connectivity index (χ1) is 7.88. The Hall–Kier alpha value is -0.0800. The first kappa shape index (κ1) is 12.0. The number of hydrogen-bond donors (Lipinski definition) is 1. The van der Waals surface area contributed by atoms with Crippen LogP contribution in [0.15, 0.2) is 0 Å². The molecule has 0 aromatic heterocycles. The largest absolute Gasteiger partial charge is 0.393 e. The van der Waals surface area contributed by atoms with E-state index in [0.29, 0.717) is 29.3 Å². The molecule has 98 valence electrons. The smallest absolute Gasteiger partial charge is 0.0697 e. The van der Waals surface area contributed by atoms with Crippen LogP contribution in [0.4, 0.5) is 0 Å². The molecule has 1 saturated carbocycles. The quantitative estimate of drug-likeness (QED) is 0.801. The highest BCUT2D eigenvalue weighted by Gasteiger charge is 2.68. The second kappa shape index (κ2) is 3.48. The Bertz CT molecular complexity index is 327. The van der Waals surface area contributed by atoms with Gasteiger partial charge in [-0.15, -0.1) is 0 Å². The Morgan fingerprint density at radius 3 is 2.53 bits per heavy atom. The zero-order chi connectivity index (χ0) is 12.4. The minimum absolute atomic E-state index is 0.0520. The first-order valence-electron chi connectivity index (χ1n) is 7.24. The second-order valence-electron chi connectivity index (χ2n) is 7.38. The first-order valence-corrected chi connectivity index (χ1v) is 7.24. The highest BCUT2D eigenvalue weighted by Crippen LogP contribution is 2.67. The minimum Gasteiger partial charge on any atom is -0.393 e. The second-order valence-corrected chi connectivity index (χ2v) is 7.38. The van der Waals surface area contributed by atoms with Crippen LogP contribution in [0.1, 0.15) is 53.4 Å². The minimum atomic E-state index is -0.151. The Morgan fingerprint density at radius 1 is 1.18 bits per heavy atom. The van der Waals surface area contributed by atoms with E-state index in [9.17, 15) is 5.11 Å². The third-order valence-corrected chi connectivity index (χ3v) is 5.98. The Balaban J connectivity index is 1.92. The van der Waals surface area contributed by atoms with Crippen LogP contribution in [0.25, 0.3) is 0 Å². The molecule has 2 saturated heterocycles. The summed E-state index contributed by atoms with van der Waals surface area (Å²) in [5.41, 5.74) is 0.393. The molecule has 2 bridgehead atoms. The van der Waals surface area contributed by atoms with Gasteiger partial charge in [0.15, 0.2) is 0 Å². The van der Waals surface area contributed by atoms with E-state index >= 15 is 0 Å². The van der Waals surface area contributed by atoms with Crippen molar-refractivity contribution in [3.8, 4) is 0 Å². The number of fused-ring (bicyclic) bond motifs is 5. The van der Waals surface area contributed by atoms with Crippen molar-refractivity contribution in [1.82, 2.24) is 0 Å². The lowest BCUT2D eigenvalue weighted by atomic mass is 9.61. The third kappa shape index (κ3) is 1.40. The van der Waals surface area contributed by atoms with Gasteiger partial charge in [-0.25, -0.2) is 0 Å². The fourth-order valence-corrected chi connectivity index (χ4v) is 5.22. The van der Waals surface area contributed by atoms with E-state index in [0.717, 1.165) is 0 Å². The summed E-state index contributed by atoms with van der Waals surface area (Å²) in [5.74, 6) is 1.39. The van der Waals surface area contributed by atoms with Gasteiger partial charge in [-0.05, 0) is 49.9 Å². The fourth-order valence-electron chi connectivity index (χ4n) is 5.22. The lowest BCUT2D eigenvalue weighted by Gasteiger charge is -2.41. The summed E-state index contributed by atoms with van der Waals surface area (Å²) >= 11 is 0. The Morgan fingerprint density at radius 2 is 1.88 bits per heavy atom. The number of aliphatic hydroxyl groups is 1. The van der Waals surface area contributed by atoms with Crippen LogP contribution in [0, 0.1) is 23.2 Å². The van der Waals surface area contributed by atoms with Crippen LogP contribution in [-0.4, -0.2) is 22.9 Å². The van der Waals surface area contributed by atoms with Crippen LogP contribution in [-0.2, 0) is 4.74 Å². The molecule has 2 nitrogen and oxygen atoms in total. The number of aliphatic hydroxyl groups excluding tert-OH is 1. The molecule has 6 atom stereocenters. The molecule has 1 aliphatic carbocycles. The summed E-state index contributed by atoms with van der Waals surface area (Å²) in [7, 11) is 0. The van der Waals surface area contributed by atoms with Crippen LogP contribution in [0.5, 0.6) is 0 Å². The molecular formula is C15H26O2. The van der Waals surface area contributed by atoms with Crippen LogP contribution >= 0.6 is 0 Å². The molecule has 3 fully saturated rings. The monoisotopic (exact) mass is 238 g/mol. The van der Waals surface area contributed by atoms with E-state index in [1.54, 1.807) is 0 Å². The van der Waals surface area contributed by atoms with E-state index in [4.69, 9.17) is 4.74 Å². The molecule has 0 spiro atoms. The normalized spacial score (nSPS) is 54.4. The highest BCUT2D eigenvalue weighted by molar-refractivity contribution is 5.16. The van der Waals surface area contributed by atoms with E-state index in [1.807, 2.05) is 0 Å². The maximum atomic E-state index is 10.5. The zero-order valence-corrected chi connectivity index (χ0v) is 11.6. The van der Waals surface area contributed by atoms with Gasteiger partial charge in [-0.3, -0.25) is 0 Å². The molecule has 2 heterocycles. The van der Waals surface area contributed by atoms with Crippen molar-refractivity contribution in [2.45, 2.75) is 71.2 Å². The predicted molar refractivity (Wildman–Crippen MR) is 67.7 cm³/mol. The molecule has 1 N–H and O–H groups in total. The van der Waals surface area contributed by atoms with Crippen molar-refractivity contribution < 1.29 is 9.84 Å². The molecule has 0 aromatic rings. The fraction of sp³-hybridized carbons (Fsp3) is 1.00. The van der Waals surface area contributed by atoms with Gasteiger partial charge in [-0.2, -0.15) is 0 Å². The summed E-state index contributed by atoms with van der Waals surface area (Å²) in [6.45, 7) is 8.96.